The van der Waals surface area contributed by atoms with Gasteiger partial charge in [0.1, 0.15) is 0 Å². The zero-order valence-electron chi connectivity index (χ0n) is 10.4. The van der Waals surface area contributed by atoms with Crippen LogP contribution in [0.1, 0.15) is 18.4 Å². The van der Waals surface area contributed by atoms with Gasteiger partial charge >= 0.3 is 0 Å². The van der Waals surface area contributed by atoms with Gasteiger partial charge in [-0.25, -0.2) is 8.42 Å². The number of sulfone groups is 1. The van der Waals surface area contributed by atoms with E-state index in [2.05, 4.69) is 5.32 Å². The van der Waals surface area contributed by atoms with E-state index in [0.717, 1.165) is 31.5 Å². The van der Waals surface area contributed by atoms with E-state index in [1.165, 1.54) is 0 Å². The average Bonchev–Trinajstić information content (AvgIpc) is 2.33. The van der Waals surface area contributed by atoms with E-state index in [1.807, 2.05) is 6.92 Å². The van der Waals surface area contributed by atoms with Gasteiger partial charge in [-0.1, -0.05) is 11.6 Å². The van der Waals surface area contributed by atoms with Gasteiger partial charge in [0.25, 0.3) is 0 Å². The van der Waals surface area contributed by atoms with Crippen molar-refractivity contribution in [2.24, 2.45) is 5.92 Å². The fourth-order valence-corrected chi connectivity index (χ4v) is 4.13. The molecule has 0 saturated carbocycles. The Balaban J connectivity index is 2.16. The first-order valence-electron chi connectivity index (χ1n) is 6.19. The highest BCUT2D eigenvalue weighted by molar-refractivity contribution is 7.91. The second kappa shape index (κ2) is 5.59. The Hall–Kier alpha value is -0.580. The molecule has 1 aromatic carbocycles. The van der Waals surface area contributed by atoms with Gasteiger partial charge in [-0.05, 0) is 62.5 Å². The highest BCUT2D eigenvalue weighted by atomic mass is 35.5. The SMILES string of the molecule is Cc1cc(S(=O)(=O)CC2CCCNC2)ccc1Cl. The zero-order chi connectivity index (χ0) is 13.2. The third kappa shape index (κ3) is 3.25. The molecule has 0 aliphatic carbocycles. The van der Waals surface area contributed by atoms with E-state index in [9.17, 15) is 8.42 Å². The summed E-state index contributed by atoms with van der Waals surface area (Å²) < 4.78 is 24.6. The summed E-state index contributed by atoms with van der Waals surface area (Å²) in [6.07, 6.45) is 2.04. The van der Waals surface area contributed by atoms with E-state index in [4.69, 9.17) is 11.6 Å². The summed E-state index contributed by atoms with van der Waals surface area (Å²) in [6.45, 7) is 3.62. The Morgan fingerprint density at radius 3 is 2.83 bits per heavy atom. The van der Waals surface area contributed by atoms with Crippen molar-refractivity contribution in [1.82, 2.24) is 5.32 Å². The standard InChI is InChI=1S/C13H18ClNO2S/c1-10-7-12(4-5-13(10)14)18(16,17)9-11-3-2-6-15-8-11/h4-5,7,11,15H,2-3,6,8-9H2,1H3. The third-order valence-electron chi connectivity index (χ3n) is 3.34. The minimum atomic E-state index is -3.20. The van der Waals surface area contributed by atoms with Crippen molar-refractivity contribution in [2.75, 3.05) is 18.8 Å². The van der Waals surface area contributed by atoms with Gasteiger partial charge in [0.2, 0.25) is 0 Å². The fourth-order valence-electron chi connectivity index (χ4n) is 2.28. The molecule has 2 rings (SSSR count). The quantitative estimate of drug-likeness (QED) is 0.929. The number of halogens is 1. The Bertz CT molecular complexity index is 522. The molecular weight excluding hydrogens is 270 g/mol. The van der Waals surface area contributed by atoms with Crippen LogP contribution in [0.4, 0.5) is 0 Å². The lowest BCUT2D eigenvalue weighted by Gasteiger charge is -2.22. The molecule has 18 heavy (non-hydrogen) atoms. The summed E-state index contributed by atoms with van der Waals surface area (Å²) in [5, 5.41) is 3.85. The van der Waals surface area contributed by atoms with Crippen LogP contribution < -0.4 is 5.32 Å². The monoisotopic (exact) mass is 287 g/mol. The molecule has 1 unspecified atom stereocenters. The summed E-state index contributed by atoms with van der Waals surface area (Å²) in [6, 6.07) is 4.91. The van der Waals surface area contributed by atoms with Crippen LogP contribution in [0.5, 0.6) is 0 Å². The first-order chi connectivity index (χ1) is 8.49. The fraction of sp³-hybridized carbons (Fsp3) is 0.538. The number of nitrogens with one attached hydrogen (secondary N) is 1. The molecular formula is C13H18ClNO2S. The molecule has 1 aliphatic heterocycles. The second-order valence-electron chi connectivity index (χ2n) is 4.90. The number of aryl methyl sites for hydroxylation is 1. The Labute approximate surface area is 113 Å². The van der Waals surface area contributed by atoms with E-state index in [-0.39, 0.29) is 11.7 Å². The van der Waals surface area contributed by atoms with Crippen molar-refractivity contribution in [1.29, 1.82) is 0 Å². The Morgan fingerprint density at radius 2 is 2.22 bits per heavy atom. The molecule has 1 fully saturated rings. The van der Waals surface area contributed by atoms with Gasteiger partial charge < -0.3 is 5.32 Å². The van der Waals surface area contributed by atoms with Crippen LogP contribution in [0.2, 0.25) is 5.02 Å². The summed E-state index contributed by atoms with van der Waals surface area (Å²) in [5.41, 5.74) is 0.805. The van der Waals surface area contributed by atoms with E-state index < -0.39 is 9.84 Å². The molecule has 0 bridgehead atoms. The molecule has 1 atom stereocenters. The first kappa shape index (κ1) is 13.8. The van der Waals surface area contributed by atoms with Gasteiger partial charge in [-0.3, -0.25) is 0 Å². The molecule has 0 radical (unpaired) electrons. The first-order valence-corrected chi connectivity index (χ1v) is 8.22. The highest BCUT2D eigenvalue weighted by Gasteiger charge is 2.23. The van der Waals surface area contributed by atoms with Crippen molar-refractivity contribution in [3.05, 3.63) is 28.8 Å². The minimum Gasteiger partial charge on any atom is -0.316 e. The second-order valence-corrected chi connectivity index (χ2v) is 7.35. The molecule has 0 spiro atoms. The van der Waals surface area contributed by atoms with Crippen LogP contribution in [0.3, 0.4) is 0 Å². The maximum Gasteiger partial charge on any atom is 0.178 e. The summed E-state index contributed by atoms with van der Waals surface area (Å²) >= 11 is 5.92. The molecule has 1 saturated heterocycles. The number of hydrogen-bond acceptors (Lipinski definition) is 3. The largest absolute Gasteiger partial charge is 0.316 e. The summed E-state index contributed by atoms with van der Waals surface area (Å²) in [4.78, 5) is 0.384. The maximum absolute atomic E-state index is 12.3. The van der Waals surface area contributed by atoms with Gasteiger partial charge in [0.05, 0.1) is 10.6 Å². The van der Waals surface area contributed by atoms with Gasteiger partial charge in [-0.15, -0.1) is 0 Å². The molecule has 1 aliphatic rings. The van der Waals surface area contributed by atoms with Crippen LogP contribution in [0.15, 0.2) is 23.1 Å². The summed E-state index contributed by atoms with van der Waals surface area (Å²) in [5.74, 6) is 0.445. The van der Waals surface area contributed by atoms with Crippen molar-refractivity contribution >= 4 is 21.4 Å². The van der Waals surface area contributed by atoms with Crippen molar-refractivity contribution in [3.8, 4) is 0 Å². The van der Waals surface area contributed by atoms with Crippen LogP contribution >= 0.6 is 11.6 Å². The number of benzene rings is 1. The van der Waals surface area contributed by atoms with Crippen LogP contribution in [0, 0.1) is 12.8 Å². The molecule has 1 N–H and O–H groups in total. The van der Waals surface area contributed by atoms with Gasteiger partial charge in [0.15, 0.2) is 9.84 Å². The lowest BCUT2D eigenvalue weighted by atomic mass is 10.0. The molecule has 100 valence electrons. The predicted molar refractivity (Wildman–Crippen MR) is 73.8 cm³/mol. The smallest absolute Gasteiger partial charge is 0.178 e. The van der Waals surface area contributed by atoms with Crippen LogP contribution in [-0.2, 0) is 9.84 Å². The average molecular weight is 288 g/mol. The minimum absolute atomic E-state index is 0.222. The zero-order valence-corrected chi connectivity index (χ0v) is 12.0. The molecule has 1 heterocycles. The lowest BCUT2D eigenvalue weighted by Crippen LogP contribution is -2.33. The predicted octanol–water partition coefficient (Wildman–Crippen LogP) is 2.42. The van der Waals surface area contributed by atoms with E-state index in [0.29, 0.717) is 9.92 Å². The van der Waals surface area contributed by atoms with Crippen molar-refractivity contribution in [2.45, 2.75) is 24.7 Å². The third-order valence-corrected chi connectivity index (χ3v) is 5.65. The van der Waals surface area contributed by atoms with Gasteiger partial charge in [-0.2, -0.15) is 0 Å². The molecule has 3 nitrogen and oxygen atoms in total. The van der Waals surface area contributed by atoms with Crippen LogP contribution in [0.25, 0.3) is 0 Å². The number of hydrogen-bond donors (Lipinski definition) is 1. The highest BCUT2D eigenvalue weighted by Crippen LogP contribution is 2.23. The molecule has 1 aromatic rings. The molecule has 0 amide bonds. The normalized spacial score (nSPS) is 20.9. The van der Waals surface area contributed by atoms with E-state index >= 15 is 0 Å². The molecule has 5 heteroatoms. The van der Waals surface area contributed by atoms with Gasteiger partial charge in [0, 0.05) is 5.02 Å². The number of piperidine rings is 1. The topological polar surface area (TPSA) is 46.2 Å². The number of rotatable bonds is 3. The Kier molecular flexibility index (Phi) is 4.30. The Morgan fingerprint density at radius 1 is 1.44 bits per heavy atom. The van der Waals surface area contributed by atoms with Crippen LogP contribution in [-0.4, -0.2) is 27.3 Å². The van der Waals surface area contributed by atoms with Crippen molar-refractivity contribution < 1.29 is 8.42 Å². The molecule has 0 aromatic heterocycles. The van der Waals surface area contributed by atoms with Crippen molar-refractivity contribution in [3.63, 3.8) is 0 Å². The lowest BCUT2D eigenvalue weighted by molar-refractivity contribution is 0.404. The summed E-state index contributed by atoms with van der Waals surface area (Å²) in [7, 11) is -3.20. The maximum atomic E-state index is 12.3. The van der Waals surface area contributed by atoms with E-state index in [1.54, 1.807) is 18.2 Å².